The Hall–Kier alpha value is -1.77. The highest BCUT2D eigenvalue weighted by molar-refractivity contribution is 7.98. The summed E-state index contributed by atoms with van der Waals surface area (Å²) < 4.78 is 5.81. The average Bonchev–Trinajstić information content (AvgIpc) is 2.52. The van der Waals surface area contributed by atoms with Crippen LogP contribution in [0.5, 0.6) is 0 Å². The van der Waals surface area contributed by atoms with E-state index >= 15 is 0 Å². The van der Waals surface area contributed by atoms with Gasteiger partial charge in [-0.05, 0) is 29.4 Å². The SMILES string of the molecule is CSc1ccc(C2C3=C(CC(C)(C)CC3=O)OC(N)C2C#N)cc1. The van der Waals surface area contributed by atoms with E-state index in [9.17, 15) is 10.1 Å². The van der Waals surface area contributed by atoms with Crippen molar-refractivity contribution in [2.24, 2.45) is 17.1 Å². The van der Waals surface area contributed by atoms with Gasteiger partial charge in [0.1, 0.15) is 11.7 Å². The fraction of sp³-hybridized carbons (Fsp3) is 0.474. The third-order valence-corrected chi connectivity index (χ3v) is 5.55. The first-order valence-electron chi connectivity index (χ1n) is 8.08. The molecule has 2 aliphatic rings. The Balaban J connectivity index is 2.11. The summed E-state index contributed by atoms with van der Waals surface area (Å²) in [5.74, 6) is -0.121. The molecule has 0 amide bonds. The minimum Gasteiger partial charge on any atom is -0.478 e. The van der Waals surface area contributed by atoms with Crippen LogP contribution in [-0.4, -0.2) is 18.3 Å². The Kier molecular flexibility index (Phi) is 4.46. The van der Waals surface area contributed by atoms with Crippen LogP contribution in [-0.2, 0) is 9.53 Å². The molecule has 3 atom stereocenters. The van der Waals surface area contributed by atoms with Crippen molar-refractivity contribution in [2.75, 3.05) is 6.26 Å². The summed E-state index contributed by atoms with van der Waals surface area (Å²) in [7, 11) is 0. The second kappa shape index (κ2) is 6.27. The Morgan fingerprint density at radius 3 is 2.54 bits per heavy atom. The number of Topliss-reactive ketones (excluding diaryl/α,β-unsaturated/α-hetero) is 1. The molecule has 1 heterocycles. The van der Waals surface area contributed by atoms with Crippen molar-refractivity contribution in [3.63, 3.8) is 0 Å². The van der Waals surface area contributed by atoms with E-state index < -0.39 is 12.1 Å². The van der Waals surface area contributed by atoms with Crippen molar-refractivity contribution in [1.29, 1.82) is 5.26 Å². The Bertz CT molecular complexity index is 731. The quantitative estimate of drug-likeness (QED) is 0.831. The van der Waals surface area contributed by atoms with Gasteiger partial charge in [0.15, 0.2) is 12.0 Å². The van der Waals surface area contributed by atoms with Gasteiger partial charge in [-0.2, -0.15) is 5.26 Å². The van der Waals surface area contributed by atoms with Crippen LogP contribution in [0.4, 0.5) is 0 Å². The Morgan fingerprint density at radius 2 is 1.96 bits per heavy atom. The van der Waals surface area contributed by atoms with E-state index in [-0.39, 0.29) is 17.1 Å². The topological polar surface area (TPSA) is 76.1 Å². The third kappa shape index (κ3) is 2.97. The molecule has 0 spiro atoms. The molecular formula is C19H22N2O2S. The fourth-order valence-electron chi connectivity index (χ4n) is 3.67. The second-order valence-corrected chi connectivity index (χ2v) is 8.15. The number of ketones is 1. The van der Waals surface area contributed by atoms with E-state index in [1.54, 1.807) is 11.8 Å². The normalized spacial score (nSPS) is 28.8. The number of rotatable bonds is 2. The largest absolute Gasteiger partial charge is 0.478 e. The number of hydrogen-bond donors (Lipinski definition) is 1. The summed E-state index contributed by atoms with van der Waals surface area (Å²) >= 11 is 1.66. The van der Waals surface area contributed by atoms with Crippen LogP contribution in [0.25, 0.3) is 0 Å². The van der Waals surface area contributed by atoms with E-state index in [2.05, 4.69) is 19.9 Å². The molecule has 1 aromatic rings. The number of hydrogen-bond acceptors (Lipinski definition) is 5. The van der Waals surface area contributed by atoms with E-state index in [4.69, 9.17) is 10.5 Å². The summed E-state index contributed by atoms with van der Waals surface area (Å²) in [6.07, 6.45) is 2.47. The molecule has 1 aromatic carbocycles. The summed E-state index contributed by atoms with van der Waals surface area (Å²) in [5, 5.41) is 9.63. The lowest BCUT2D eigenvalue weighted by Gasteiger charge is -2.41. The molecule has 0 bridgehead atoms. The number of thioether (sulfide) groups is 1. The number of nitriles is 1. The molecule has 0 fully saturated rings. The number of carbonyl (C=O) groups is 1. The molecule has 0 saturated carbocycles. The standard InChI is InChI=1S/C19H22N2O2S/c1-19(2)8-14(22)17-15(9-19)23-18(21)13(10-20)16(17)11-4-6-12(24-3)7-5-11/h4-7,13,16,18H,8-9,21H2,1-3H3. The number of benzene rings is 1. The van der Waals surface area contributed by atoms with Crippen molar-refractivity contribution in [2.45, 2.75) is 43.7 Å². The molecule has 4 nitrogen and oxygen atoms in total. The van der Waals surface area contributed by atoms with Gasteiger partial charge in [-0.25, -0.2) is 0 Å². The number of nitrogens with two attached hydrogens (primary N) is 1. The first-order valence-corrected chi connectivity index (χ1v) is 9.31. The number of ether oxygens (including phenoxy) is 1. The first kappa shape index (κ1) is 17.1. The van der Waals surface area contributed by atoms with Crippen molar-refractivity contribution in [3.8, 4) is 6.07 Å². The van der Waals surface area contributed by atoms with Gasteiger partial charge in [0.25, 0.3) is 0 Å². The zero-order valence-electron chi connectivity index (χ0n) is 14.2. The maximum absolute atomic E-state index is 12.8. The van der Waals surface area contributed by atoms with Crippen molar-refractivity contribution < 1.29 is 9.53 Å². The van der Waals surface area contributed by atoms with Crippen LogP contribution < -0.4 is 5.73 Å². The molecule has 126 valence electrons. The molecule has 5 heteroatoms. The maximum atomic E-state index is 12.8. The fourth-order valence-corrected chi connectivity index (χ4v) is 4.08. The lowest BCUT2D eigenvalue weighted by molar-refractivity contribution is -0.120. The summed E-state index contributed by atoms with van der Waals surface area (Å²) in [5.41, 5.74) is 7.59. The van der Waals surface area contributed by atoms with Gasteiger partial charge in [0.05, 0.1) is 6.07 Å². The molecule has 0 radical (unpaired) electrons. The monoisotopic (exact) mass is 342 g/mol. The molecule has 2 N–H and O–H groups in total. The predicted octanol–water partition coefficient (Wildman–Crippen LogP) is 3.59. The lowest BCUT2D eigenvalue weighted by atomic mass is 9.68. The smallest absolute Gasteiger partial charge is 0.164 e. The number of allylic oxidation sites excluding steroid dienone is 2. The van der Waals surface area contributed by atoms with Gasteiger partial charge in [-0.1, -0.05) is 26.0 Å². The maximum Gasteiger partial charge on any atom is 0.164 e. The molecule has 24 heavy (non-hydrogen) atoms. The van der Waals surface area contributed by atoms with Gasteiger partial charge in [-0.15, -0.1) is 11.8 Å². The zero-order valence-corrected chi connectivity index (χ0v) is 15.0. The molecule has 0 saturated heterocycles. The molecule has 3 rings (SSSR count). The van der Waals surface area contributed by atoms with Crippen LogP contribution >= 0.6 is 11.8 Å². The molecule has 1 aliphatic carbocycles. The van der Waals surface area contributed by atoms with E-state index in [0.29, 0.717) is 24.2 Å². The van der Waals surface area contributed by atoms with Crippen LogP contribution in [0, 0.1) is 22.7 Å². The predicted molar refractivity (Wildman–Crippen MR) is 94.2 cm³/mol. The molecule has 0 aromatic heterocycles. The van der Waals surface area contributed by atoms with Gasteiger partial charge in [0, 0.05) is 29.2 Å². The van der Waals surface area contributed by atoms with E-state index in [0.717, 1.165) is 10.5 Å². The lowest BCUT2D eigenvalue weighted by Crippen LogP contribution is -2.44. The van der Waals surface area contributed by atoms with E-state index in [1.807, 2.05) is 30.5 Å². The number of nitrogens with zero attached hydrogens (tertiary/aromatic N) is 1. The number of carbonyl (C=O) groups excluding carboxylic acids is 1. The van der Waals surface area contributed by atoms with Gasteiger partial charge in [0.2, 0.25) is 0 Å². The highest BCUT2D eigenvalue weighted by atomic mass is 32.2. The van der Waals surface area contributed by atoms with Crippen LogP contribution in [0.2, 0.25) is 0 Å². The van der Waals surface area contributed by atoms with Gasteiger partial charge >= 0.3 is 0 Å². The molecular weight excluding hydrogens is 320 g/mol. The minimum absolute atomic E-state index is 0.0762. The molecule has 1 aliphatic heterocycles. The minimum atomic E-state index is -0.708. The van der Waals surface area contributed by atoms with Crippen LogP contribution in [0.3, 0.4) is 0 Å². The Labute approximate surface area is 147 Å². The average molecular weight is 342 g/mol. The van der Waals surface area contributed by atoms with Crippen LogP contribution in [0.1, 0.15) is 38.2 Å². The van der Waals surface area contributed by atoms with Crippen molar-refractivity contribution >= 4 is 17.5 Å². The van der Waals surface area contributed by atoms with Crippen molar-refractivity contribution in [1.82, 2.24) is 0 Å². The van der Waals surface area contributed by atoms with Crippen LogP contribution in [0.15, 0.2) is 40.5 Å². The molecule has 3 unspecified atom stereocenters. The summed E-state index contributed by atoms with van der Waals surface area (Å²) in [6.45, 7) is 4.12. The zero-order chi connectivity index (χ0) is 17.5. The first-order chi connectivity index (χ1) is 11.4. The van der Waals surface area contributed by atoms with E-state index in [1.165, 1.54) is 0 Å². The van der Waals surface area contributed by atoms with Crippen molar-refractivity contribution in [3.05, 3.63) is 41.2 Å². The highest BCUT2D eigenvalue weighted by Crippen LogP contribution is 2.48. The third-order valence-electron chi connectivity index (χ3n) is 4.81. The summed E-state index contributed by atoms with van der Waals surface area (Å²) in [4.78, 5) is 14.0. The second-order valence-electron chi connectivity index (χ2n) is 7.27. The van der Waals surface area contributed by atoms with Gasteiger partial charge in [-0.3, -0.25) is 10.5 Å². The summed E-state index contributed by atoms with van der Waals surface area (Å²) in [6, 6.07) is 10.3. The Morgan fingerprint density at radius 1 is 1.29 bits per heavy atom. The van der Waals surface area contributed by atoms with Gasteiger partial charge < -0.3 is 4.74 Å². The highest BCUT2D eigenvalue weighted by Gasteiger charge is 2.46.